The molecule has 0 unspecified atom stereocenters. The monoisotopic (exact) mass is 353 g/mol. The summed E-state index contributed by atoms with van der Waals surface area (Å²) in [5.41, 5.74) is 2.75. The smallest absolute Gasteiger partial charge is 0.215 e. The highest BCUT2D eigenvalue weighted by molar-refractivity contribution is 7.90. The molecule has 0 aliphatic carbocycles. The number of rotatable bonds is 4. The standard InChI is InChI=1S/C16H20ClN3O2S/c1-11-13-5-3-4-6-14(13)19-15(16(11)17)10-20-8-7-12(9-20)23(21,22)18-2/h3-6,12,18H,7-10H2,1-2H3/t12-/m0/s1. The van der Waals surface area contributed by atoms with Gasteiger partial charge in [0.05, 0.1) is 21.5 Å². The van der Waals surface area contributed by atoms with Crippen LogP contribution in [0.15, 0.2) is 24.3 Å². The van der Waals surface area contributed by atoms with Crippen molar-refractivity contribution in [1.82, 2.24) is 14.6 Å². The normalized spacial score (nSPS) is 19.5. The Morgan fingerprint density at radius 1 is 1.39 bits per heavy atom. The zero-order valence-electron chi connectivity index (χ0n) is 13.2. The van der Waals surface area contributed by atoms with E-state index >= 15 is 0 Å². The molecule has 1 aromatic carbocycles. The summed E-state index contributed by atoms with van der Waals surface area (Å²) in [6.07, 6.45) is 0.632. The molecule has 0 spiro atoms. The molecule has 3 rings (SSSR count). The molecule has 0 saturated carbocycles. The quantitative estimate of drug-likeness (QED) is 0.916. The summed E-state index contributed by atoms with van der Waals surface area (Å²) < 4.78 is 26.2. The molecule has 2 aromatic rings. The van der Waals surface area contributed by atoms with Gasteiger partial charge in [-0.2, -0.15) is 0 Å². The molecule has 1 N–H and O–H groups in total. The molecule has 124 valence electrons. The van der Waals surface area contributed by atoms with Crippen LogP contribution in [0, 0.1) is 6.92 Å². The predicted octanol–water partition coefficient (Wildman–Crippen LogP) is 2.32. The van der Waals surface area contributed by atoms with Crippen LogP contribution in [-0.2, 0) is 16.6 Å². The fraction of sp³-hybridized carbons (Fsp3) is 0.438. The third-order valence-corrected chi connectivity index (χ3v) is 6.81. The SMILES string of the molecule is CNS(=O)(=O)[C@H]1CCN(Cc2nc3ccccc3c(C)c2Cl)C1. The Labute approximate surface area is 141 Å². The second-order valence-corrected chi connectivity index (χ2v) is 8.45. The van der Waals surface area contributed by atoms with Crippen molar-refractivity contribution in [2.75, 3.05) is 20.1 Å². The number of aromatic nitrogens is 1. The van der Waals surface area contributed by atoms with Crippen molar-refractivity contribution in [2.45, 2.75) is 25.1 Å². The zero-order valence-corrected chi connectivity index (χ0v) is 14.8. The van der Waals surface area contributed by atoms with Crippen molar-refractivity contribution in [2.24, 2.45) is 0 Å². The molecule has 0 radical (unpaired) electrons. The lowest BCUT2D eigenvalue weighted by Crippen LogP contribution is -2.34. The van der Waals surface area contributed by atoms with E-state index in [1.54, 1.807) is 0 Å². The minimum absolute atomic E-state index is 0.368. The molecule has 1 aliphatic heterocycles. The number of hydrogen-bond acceptors (Lipinski definition) is 4. The highest BCUT2D eigenvalue weighted by Gasteiger charge is 2.32. The minimum Gasteiger partial charge on any atom is -0.296 e. The van der Waals surface area contributed by atoms with Crippen LogP contribution in [0.3, 0.4) is 0 Å². The Balaban J connectivity index is 1.84. The zero-order chi connectivity index (χ0) is 16.6. The molecule has 0 amide bonds. The van der Waals surface area contributed by atoms with E-state index in [0.29, 0.717) is 24.5 Å². The Hall–Kier alpha value is -1.21. The number of fused-ring (bicyclic) bond motifs is 1. The van der Waals surface area contributed by atoms with Crippen LogP contribution in [0.1, 0.15) is 17.7 Å². The maximum atomic E-state index is 11.9. The van der Waals surface area contributed by atoms with Gasteiger partial charge in [0.1, 0.15) is 0 Å². The number of nitrogens with one attached hydrogen (secondary N) is 1. The van der Waals surface area contributed by atoms with Crippen LogP contribution < -0.4 is 4.72 Å². The number of sulfonamides is 1. The molecular weight excluding hydrogens is 334 g/mol. The van der Waals surface area contributed by atoms with Gasteiger partial charge in [-0.3, -0.25) is 4.90 Å². The van der Waals surface area contributed by atoms with Crippen molar-refractivity contribution < 1.29 is 8.42 Å². The molecule has 5 nitrogen and oxygen atoms in total. The third kappa shape index (κ3) is 3.21. The summed E-state index contributed by atoms with van der Waals surface area (Å²) in [6, 6.07) is 7.91. The van der Waals surface area contributed by atoms with Gasteiger partial charge < -0.3 is 0 Å². The van der Waals surface area contributed by atoms with E-state index in [1.165, 1.54) is 7.05 Å². The van der Waals surface area contributed by atoms with Crippen LogP contribution in [-0.4, -0.2) is 43.7 Å². The van der Waals surface area contributed by atoms with Gasteiger partial charge in [0, 0.05) is 18.5 Å². The Bertz CT molecular complexity index is 839. The maximum Gasteiger partial charge on any atom is 0.215 e. The second-order valence-electron chi connectivity index (χ2n) is 5.91. The van der Waals surface area contributed by atoms with Gasteiger partial charge in [-0.05, 0) is 38.6 Å². The van der Waals surface area contributed by atoms with Crippen LogP contribution in [0.25, 0.3) is 10.9 Å². The number of benzene rings is 1. The highest BCUT2D eigenvalue weighted by atomic mass is 35.5. The van der Waals surface area contributed by atoms with E-state index in [2.05, 4.69) is 14.6 Å². The highest BCUT2D eigenvalue weighted by Crippen LogP contribution is 2.28. The number of pyridine rings is 1. The second kappa shape index (κ2) is 6.36. The largest absolute Gasteiger partial charge is 0.296 e. The van der Waals surface area contributed by atoms with Gasteiger partial charge in [0.25, 0.3) is 0 Å². The average Bonchev–Trinajstić information content (AvgIpc) is 3.02. The Morgan fingerprint density at radius 2 is 2.13 bits per heavy atom. The van der Waals surface area contributed by atoms with E-state index in [9.17, 15) is 8.42 Å². The fourth-order valence-corrected chi connectivity index (χ4v) is 4.45. The molecule has 23 heavy (non-hydrogen) atoms. The van der Waals surface area contributed by atoms with E-state index in [4.69, 9.17) is 11.6 Å². The summed E-state index contributed by atoms with van der Waals surface area (Å²) in [5.74, 6) is 0. The maximum absolute atomic E-state index is 11.9. The van der Waals surface area contributed by atoms with Gasteiger partial charge in [-0.1, -0.05) is 29.8 Å². The lowest BCUT2D eigenvalue weighted by atomic mass is 10.1. The topological polar surface area (TPSA) is 62.3 Å². The van der Waals surface area contributed by atoms with Crippen molar-refractivity contribution in [1.29, 1.82) is 0 Å². The van der Waals surface area contributed by atoms with Crippen molar-refractivity contribution in [3.05, 3.63) is 40.5 Å². The number of halogens is 1. The lowest BCUT2D eigenvalue weighted by molar-refractivity contribution is 0.327. The summed E-state index contributed by atoms with van der Waals surface area (Å²) >= 11 is 6.48. The van der Waals surface area contributed by atoms with E-state index in [1.807, 2.05) is 31.2 Å². The molecule has 0 bridgehead atoms. The molecule has 1 aromatic heterocycles. The van der Waals surface area contributed by atoms with E-state index in [0.717, 1.165) is 28.7 Å². The number of likely N-dealkylation sites (tertiary alicyclic amines) is 1. The number of nitrogens with zero attached hydrogens (tertiary/aromatic N) is 2. The van der Waals surface area contributed by atoms with Gasteiger partial charge >= 0.3 is 0 Å². The van der Waals surface area contributed by atoms with Crippen LogP contribution >= 0.6 is 11.6 Å². The molecule has 2 heterocycles. The summed E-state index contributed by atoms with van der Waals surface area (Å²) in [7, 11) is -1.76. The number of aryl methyl sites for hydroxylation is 1. The van der Waals surface area contributed by atoms with Gasteiger partial charge in [0.2, 0.25) is 10.0 Å². The van der Waals surface area contributed by atoms with Crippen LogP contribution in [0.5, 0.6) is 0 Å². The Kier molecular flexibility index (Phi) is 4.60. The molecule has 1 atom stereocenters. The summed E-state index contributed by atoms with van der Waals surface area (Å²) in [6.45, 7) is 3.80. The lowest BCUT2D eigenvalue weighted by Gasteiger charge is -2.18. The van der Waals surface area contributed by atoms with Gasteiger partial charge in [-0.15, -0.1) is 0 Å². The first kappa shape index (κ1) is 16.6. The van der Waals surface area contributed by atoms with Crippen molar-refractivity contribution >= 4 is 32.5 Å². The Morgan fingerprint density at radius 3 is 2.87 bits per heavy atom. The van der Waals surface area contributed by atoms with E-state index < -0.39 is 10.0 Å². The first-order chi connectivity index (χ1) is 10.9. The van der Waals surface area contributed by atoms with Crippen molar-refractivity contribution in [3.8, 4) is 0 Å². The molecule has 1 saturated heterocycles. The van der Waals surface area contributed by atoms with Crippen molar-refractivity contribution in [3.63, 3.8) is 0 Å². The van der Waals surface area contributed by atoms with Crippen LogP contribution in [0.4, 0.5) is 0 Å². The van der Waals surface area contributed by atoms with Gasteiger partial charge in [-0.25, -0.2) is 18.1 Å². The first-order valence-corrected chi connectivity index (χ1v) is 9.53. The predicted molar refractivity (Wildman–Crippen MR) is 93.2 cm³/mol. The first-order valence-electron chi connectivity index (χ1n) is 7.61. The third-order valence-electron chi connectivity index (χ3n) is 4.47. The number of para-hydroxylation sites is 1. The molecule has 1 aliphatic rings. The number of hydrogen-bond donors (Lipinski definition) is 1. The molecular formula is C16H20ClN3O2S. The van der Waals surface area contributed by atoms with Crippen LogP contribution in [0.2, 0.25) is 5.02 Å². The molecule has 1 fully saturated rings. The van der Waals surface area contributed by atoms with Gasteiger partial charge in [0.15, 0.2) is 0 Å². The fourth-order valence-electron chi connectivity index (χ4n) is 3.09. The summed E-state index contributed by atoms with van der Waals surface area (Å²) in [4.78, 5) is 6.77. The minimum atomic E-state index is -3.22. The molecule has 7 heteroatoms. The van der Waals surface area contributed by atoms with E-state index in [-0.39, 0.29) is 5.25 Å². The average molecular weight is 354 g/mol. The summed E-state index contributed by atoms with van der Waals surface area (Å²) in [5, 5.41) is 1.36.